The summed E-state index contributed by atoms with van der Waals surface area (Å²) in [5, 5.41) is 3.45. The molecule has 3 aliphatic rings. The van der Waals surface area contributed by atoms with Gasteiger partial charge in [0.2, 0.25) is 0 Å². The standard InChI is InChI=1S/C16H29N3O2/c1-2-17-15(18-8-5-14-4-3-10-21-14)19-9-6-16(12-19)7-11-20-13-16/h14H,2-13H2,1H3,(H,17,18). The molecule has 3 aliphatic heterocycles. The van der Waals surface area contributed by atoms with Crippen molar-refractivity contribution in [3.05, 3.63) is 0 Å². The Morgan fingerprint density at radius 2 is 2.33 bits per heavy atom. The zero-order valence-corrected chi connectivity index (χ0v) is 13.3. The molecule has 0 aromatic carbocycles. The molecule has 3 saturated heterocycles. The molecule has 0 aromatic rings. The quantitative estimate of drug-likeness (QED) is 0.632. The summed E-state index contributed by atoms with van der Waals surface area (Å²) in [6.45, 7) is 8.93. The second kappa shape index (κ2) is 6.97. The molecular formula is C16H29N3O2. The first kappa shape index (κ1) is 15.1. The van der Waals surface area contributed by atoms with Crippen LogP contribution >= 0.6 is 0 Å². The summed E-state index contributed by atoms with van der Waals surface area (Å²) in [5.41, 5.74) is 0.394. The topological polar surface area (TPSA) is 46.1 Å². The van der Waals surface area contributed by atoms with Crippen molar-refractivity contribution in [1.82, 2.24) is 10.2 Å². The summed E-state index contributed by atoms with van der Waals surface area (Å²) in [5.74, 6) is 1.08. The van der Waals surface area contributed by atoms with Gasteiger partial charge in [-0.1, -0.05) is 0 Å². The maximum atomic E-state index is 5.68. The van der Waals surface area contributed by atoms with E-state index in [1.807, 2.05) is 0 Å². The average molecular weight is 295 g/mol. The Kier molecular flexibility index (Phi) is 5.01. The number of ether oxygens (including phenoxy) is 2. The summed E-state index contributed by atoms with van der Waals surface area (Å²) >= 11 is 0. The summed E-state index contributed by atoms with van der Waals surface area (Å²) in [6.07, 6.45) is 6.35. The second-order valence-corrected chi connectivity index (χ2v) is 6.63. The smallest absolute Gasteiger partial charge is 0.193 e. The van der Waals surface area contributed by atoms with E-state index in [4.69, 9.17) is 14.5 Å². The predicted molar refractivity (Wildman–Crippen MR) is 83.6 cm³/mol. The number of guanidine groups is 1. The molecule has 1 spiro atoms. The predicted octanol–water partition coefficient (Wildman–Crippen LogP) is 1.63. The van der Waals surface area contributed by atoms with Gasteiger partial charge in [-0.25, -0.2) is 0 Å². The van der Waals surface area contributed by atoms with Crippen molar-refractivity contribution in [2.24, 2.45) is 10.4 Å². The Morgan fingerprint density at radius 3 is 3.05 bits per heavy atom. The fourth-order valence-electron chi connectivity index (χ4n) is 3.70. The van der Waals surface area contributed by atoms with Crippen LogP contribution in [0, 0.1) is 5.41 Å². The largest absolute Gasteiger partial charge is 0.381 e. The van der Waals surface area contributed by atoms with Crippen molar-refractivity contribution in [2.75, 3.05) is 46.0 Å². The van der Waals surface area contributed by atoms with Crippen molar-refractivity contribution in [2.45, 2.75) is 45.1 Å². The molecular weight excluding hydrogens is 266 g/mol. The van der Waals surface area contributed by atoms with Gasteiger partial charge in [0.15, 0.2) is 5.96 Å². The first-order chi connectivity index (χ1) is 10.3. The van der Waals surface area contributed by atoms with Gasteiger partial charge < -0.3 is 19.7 Å². The van der Waals surface area contributed by atoms with Gasteiger partial charge in [-0.05, 0) is 39.0 Å². The van der Waals surface area contributed by atoms with E-state index in [2.05, 4.69) is 17.1 Å². The molecule has 2 atom stereocenters. The molecule has 3 fully saturated rings. The molecule has 0 amide bonds. The molecule has 21 heavy (non-hydrogen) atoms. The van der Waals surface area contributed by atoms with Crippen LogP contribution < -0.4 is 5.32 Å². The van der Waals surface area contributed by atoms with Gasteiger partial charge in [0.1, 0.15) is 0 Å². The van der Waals surface area contributed by atoms with Crippen molar-refractivity contribution in [3.63, 3.8) is 0 Å². The minimum absolute atomic E-state index is 0.394. The third-order valence-electron chi connectivity index (χ3n) is 4.99. The van der Waals surface area contributed by atoms with Gasteiger partial charge in [-0.15, -0.1) is 0 Å². The van der Waals surface area contributed by atoms with E-state index in [1.165, 1.54) is 25.7 Å². The number of rotatable bonds is 4. The molecule has 5 heteroatoms. The number of hydrogen-bond donors (Lipinski definition) is 1. The van der Waals surface area contributed by atoms with Crippen molar-refractivity contribution in [1.29, 1.82) is 0 Å². The minimum atomic E-state index is 0.394. The summed E-state index contributed by atoms with van der Waals surface area (Å²) in [6, 6.07) is 0. The lowest BCUT2D eigenvalue weighted by molar-refractivity contribution is 0.106. The Labute approximate surface area is 128 Å². The highest BCUT2D eigenvalue weighted by molar-refractivity contribution is 5.80. The molecule has 3 heterocycles. The molecule has 0 saturated carbocycles. The fraction of sp³-hybridized carbons (Fsp3) is 0.938. The van der Waals surface area contributed by atoms with Crippen LogP contribution in [0.1, 0.15) is 39.0 Å². The molecule has 0 radical (unpaired) electrons. The molecule has 120 valence electrons. The number of hydrogen-bond acceptors (Lipinski definition) is 3. The Hall–Kier alpha value is -0.810. The van der Waals surface area contributed by atoms with E-state index in [0.717, 1.165) is 58.4 Å². The van der Waals surface area contributed by atoms with Gasteiger partial charge in [0.05, 0.1) is 12.7 Å². The normalized spacial score (nSPS) is 33.3. The van der Waals surface area contributed by atoms with Crippen LogP contribution in [0.5, 0.6) is 0 Å². The van der Waals surface area contributed by atoms with E-state index in [0.29, 0.717) is 11.5 Å². The third-order valence-corrected chi connectivity index (χ3v) is 4.99. The number of likely N-dealkylation sites (tertiary alicyclic amines) is 1. The lowest BCUT2D eigenvalue weighted by Gasteiger charge is -2.25. The van der Waals surface area contributed by atoms with E-state index >= 15 is 0 Å². The molecule has 5 nitrogen and oxygen atoms in total. The van der Waals surface area contributed by atoms with Crippen LogP contribution in [0.15, 0.2) is 4.99 Å². The lowest BCUT2D eigenvalue weighted by atomic mass is 9.87. The highest BCUT2D eigenvalue weighted by atomic mass is 16.5. The van der Waals surface area contributed by atoms with E-state index < -0.39 is 0 Å². The monoisotopic (exact) mass is 295 g/mol. The van der Waals surface area contributed by atoms with Crippen molar-refractivity contribution < 1.29 is 9.47 Å². The van der Waals surface area contributed by atoms with Gasteiger partial charge >= 0.3 is 0 Å². The summed E-state index contributed by atoms with van der Waals surface area (Å²) < 4.78 is 11.3. The van der Waals surface area contributed by atoms with Crippen LogP contribution in [0.25, 0.3) is 0 Å². The van der Waals surface area contributed by atoms with Gasteiger partial charge in [-0.3, -0.25) is 4.99 Å². The fourth-order valence-corrected chi connectivity index (χ4v) is 3.70. The summed E-state index contributed by atoms with van der Waals surface area (Å²) in [7, 11) is 0. The Balaban J connectivity index is 1.53. The van der Waals surface area contributed by atoms with Crippen LogP contribution in [0.3, 0.4) is 0 Å². The Morgan fingerprint density at radius 1 is 1.38 bits per heavy atom. The maximum absolute atomic E-state index is 5.68. The third kappa shape index (κ3) is 3.69. The molecule has 3 rings (SSSR count). The maximum Gasteiger partial charge on any atom is 0.193 e. The van der Waals surface area contributed by atoms with Gasteiger partial charge in [0, 0.05) is 44.8 Å². The van der Waals surface area contributed by atoms with Crippen LogP contribution in [-0.2, 0) is 9.47 Å². The molecule has 0 aromatic heterocycles. The lowest BCUT2D eigenvalue weighted by Crippen LogP contribution is -2.41. The van der Waals surface area contributed by atoms with Crippen molar-refractivity contribution >= 4 is 5.96 Å². The zero-order chi connectivity index (χ0) is 14.5. The van der Waals surface area contributed by atoms with Gasteiger partial charge in [0.25, 0.3) is 0 Å². The zero-order valence-electron chi connectivity index (χ0n) is 13.3. The van der Waals surface area contributed by atoms with Crippen LogP contribution in [-0.4, -0.2) is 63.0 Å². The average Bonchev–Trinajstić information content (AvgIpc) is 3.22. The van der Waals surface area contributed by atoms with E-state index in [1.54, 1.807) is 0 Å². The molecule has 1 N–H and O–H groups in total. The second-order valence-electron chi connectivity index (χ2n) is 6.63. The number of nitrogens with one attached hydrogen (secondary N) is 1. The SMILES string of the molecule is CCNC(=NCCC1CCCO1)N1CCC2(CCOC2)C1. The molecule has 0 aliphatic carbocycles. The number of nitrogens with zero attached hydrogens (tertiary/aromatic N) is 2. The summed E-state index contributed by atoms with van der Waals surface area (Å²) in [4.78, 5) is 7.25. The van der Waals surface area contributed by atoms with Crippen LogP contribution in [0.2, 0.25) is 0 Å². The van der Waals surface area contributed by atoms with Crippen molar-refractivity contribution in [3.8, 4) is 0 Å². The number of aliphatic imine (C=N–C) groups is 1. The van der Waals surface area contributed by atoms with E-state index in [-0.39, 0.29) is 0 Å². The minimum Gasteiger partial charge on any atom is -0.381 e. The van der Waals surface area contributed by atoms with Gasteiger partial charge in [-0.2, -0.15) is 0 Å². The first-order valence-corrected chi connectivity index (χ1v) is 8.54. The highest BCUT2D eigenvalue weighted by Crippen LogP contribution is 2.38. The molecule has 2 unspecified atom stereocenters. The first-order valence-electron chi connectivity index (χ1n) is 8.54. The highest BCUT2D eigenvalue weighted by Gasteiger charge is 2.42. The van der Waals surface area contributed by atoms with E-state index in [9.17, 15) is 0 Å². The Bertz CT molecular complexity index is 361. The molecule has 0 bridgehead atoms. The van der Waals surface area contributed by atoms with Crippen LogP contribution in [0.4, 0.5) is 0 Å².